The number of nitrogens with zero attached hydrogens (tertiary/aromatic N) is 1. The predicted octanol–water partition coefficient (Wildman–Crippen LogP) is 5.10. The zero-order chi connectivity index (χ0) is 26.3. The van der Waals surface area contributed by atoms with Crippen molar-refractivity contribution in [3.63, 3.8) is 0 Å². The Balaban J connectivity index is 1.56. The number of aryl methyl sites for hydroxylation is 2. The molecule has 5 rings (SSSR count). The quantitative estimate of drug-likeness (QED) is 0.381. The molecular weight excluding hydrogens is 490 g/mol. The summed E-state index contributed by atoms with van der Waals surface area (Å²) in [6.07, 6.45) is 4.79. The largest absolute Gasteiger partial charge is 0.494 e. The van der Waals surface area contributed by atoms with Crippen LogP contribution in [0.3, 0.4) is 0 Å². The molecule has 0 saturated carbocycles. The topological polar surface area (TPSA) is 93.9 Å². The lowest BCUT2D eigenvalue weighted by Crippen LogP contribution is -2.40. The third kappa shape index (κ3) is 4.79. The minimum Gasteiger partial charge on any atom is -0.494 e. The van der Waals surface area contributed by atoms with Crippen LogP contribution in [0.5, 0.6) is 5.75 Å². The molecule has 0 N–H and O–H groups in total. The van der Waals surface area contributed by atoms with Crippen LogP contribution in [0.15, 0.2) is 45.6 Å². The third-order valence-corrected chi connectivity index (χ3v) is 9.34. The number of fused-ring (bicyclic) bond motifs is 2. The monoisotopic (exact) mass is 523 g/mol. The molecule has 2 atom stereocenters. The van der Waals surface area contributed by atoms with Gasteiger partial charge >= 0.3 is 0 Å². The summed E-state index contributed by atoms with van der Waals surface area (Å²) in [5, 5.41) is 0.424. The molecule has 3 aromatic rings. The maximum Gasteiger partial charge on any atom is 0.291 e. The molecule has 1 aromatic heterocycles. The number of carbonyl (C=O) groups is 1. The number of amides is 1. The van der Waals surface area contributed by atoms with Crippen LogP contribution in [0, 0.1) is 13.8 Å². The maximum absolute atomic E-state index is 13.8. The first-order valence-electron chi connectivity index (χ1n) is 13.0. The first kappa shape index (κ1) is 25.5. The highest BCUT2D eigenvalue weighted by molar-refractivity contribution is 7.91. The Morgan fingerprint density at radius 1 is 1.03 bits per heavy atom. The average molecular weight is 524 g/mol. The van der Waals surface area contributed by atoms with Crippen molar-refractivity contribution < 1.29 is 22.4 Å². The molecule has 1 amide bonds. The normalized spacial score (nSPS) is 20.5. The number of carbonyl (C=O) groups excluding carboxylic acids is 1. The van der Waals surface area contributed by atoms with E-state index in [1.807, 2.05) is 38.1 Å². The number of unbranched alkanes of at least 4 members (excludes halogenated alkanes) is 3. The van der Waals surface area contributed by atoms with Crippen molar-refractivity contribution >= 4 is 26.7 Å². The number of ether oxygens (including phenoxy) is 1. The number of sulfone groups is 1. The zero-order valence-electron chi connectivity index (χ0n) is 21.6. The standard InChI is InChI=1S/C29H33NO6S/c1-4-5-6-7-13-35-22-10-8-20(9-11-22)26-25-27(31)23-15-18(2)19(3)16-24(23)36-28(25)29(32)30(26)21-12-14-37(33,34)17-21/h8-11,15-16,21,26H,4-7,12-14,17H2,1-3H3. The van der Waals surface area contributed by atoms with Crippen LogP contribution >= 0.6 is 0 Å². The molecule has 0 bridgehead atoms. The van der Waals surface area contributed by atoms with Crippen LogP contribution in [0.25, 0.3) is 11.0 Å². The van der Waals surface area contributed by atoms with E-state index in [1.54, 1.807) is 17.0 Å². The van der Waals surface area contributed by atoms with Crippen LogP contribution in [-0.4, -0.2) is 43.4 Å². The van der Waals surface area contributed by atoms with Gasteiger partial charge in [0.15, 0.2) is 15.3 Å². The average Bonchev–Trinajstić information content (AvgIpc) is 3.37. The first-order chi connectivity index (χ1) is 17.7. The lowest BCUT2D eigenvalue weighted by Gasteiger charge is -2.30. The molecule has 7 nitrogen and oxygen atoms in total. The van der Waals surface area contributed by atoms with Crippen molar-refractivity contribution in [2.24, 2.45) is 0 Å². The number of hydrogen-bond acceptors (Lipinski definition) is 6. The lowest BCUT2D eigenvalue weighted by molar-refractivity contribution is 0.0662. The molecule has 0 spiro atoms. The van der Waals surface area contributed by atoms with Gasteiger partial charge in [-0.05, 0) is 67.6 Å². The molecule has 2 aliphatic heterocycles. The first-order valence-corrected chi connectivity index (χ1v) is 14.9. The Morgan fingerprint density at radius 3 is 2.43 bits per heavy atom. The van der Waals surface area contributed by atoms with Crippen molar-refractivity contribution in [2.45, 2.75) is 65.0 Å². The van der Waals surface area contributed by atoms with Crippen molar-refractivity contribution in [3.05, 3.63) is 74.6 Å². The van der Waals surface area contributed by atoms with Crippen molar-refractivity contribution in [2.75, 3.05) is 18.1 Å². The number of benzene rings is 2. The summed E-state index contributed by atoms with van der Waals surface area (Å²) in [7, 11) is -3.26. The lowest BCUT2D eigenvalue weighted by atomic mass is 9.96. The van der Waals surface area contributed by atoms with Crippen LogP contribution < -0.4 is 10.2 Å². The van der Waals surface area contributed by atoms with E-state index in [2.05, 4.69) is 6.92 Å². The summed E-state index contributed by atoms with van der Waals surface area (Å²) in [5.74, 6) is 0.198. The predicted molar refractivity (Wildman–Crippen MR) is 143 cm³/mol. The van der Waals surface area contributed by atoms with Gasteiger partial charge in [-0.2, -0.15) is 0 Å². The van der Waals surface area contributed by atoms with E-state index < -0.39 is 27.8 Å². The molecule has 8 heteroatoms. The van der Waals surface area contributed by atoms with Crippen LogP contribution in [0.1, 0.15) is 77.9 Å². The van der Waals surface area contributed by atoms with E-state index in [0.29, 0.717) is 24.0 Å². The Hall–Kier alpha value is -3.13. The molecule has 0 aliphatic carbocycles. The molecule has 196 valence electrons. The summed E-state index contributed by atoms with van der Waals surface area (Å²) in [4.78, 5) is 29.1. The van der Waals surface area contributed by atoms with Gasteiger partial charge in [-0.15, -0.1) is 0 Å². The molecule has 1 saturated heterocycles. The molecule has 2 aromatic carbocycles. The highest BCUT2D eigenvalue weighted by atomic mass is 32.2. The maximum atomic E-state index is 13.8. The van der Waals surface area contributed by atoms with Crippen molar-refractivity contribution in [3.8, 4) is 5.75 Å². The van der Waals surface area contributed by atoms with Crippen molar-refractivity contribution in [1.82, 2.24) is 4.90 Å². The molecule has 37 heavy (non-hydrogen) atoms. The Kier molecular flexibility index (Phi) is 6.88. The van der Waals surface area contributed by atoms with E-state index in [-0.39, 0.29) is 28.3 Å². The zero-order valence-corrected chi connectivity index (χ0v) is 22.4. The molecule has 1 fully saturated rings. The number of rotatable bonds is 8. The Morgan fingerprint density at radius 2 is 1.76 bits per heavy atom. The second kappa shape index (κ2) is 9.97. The van der Waals surface area contributed by atoms with Gasteiger partial charge < -0.3 is 14.1 Å². The minimum atomic E-state index is -3.26. The SMILES string of the molecule is CCCCCCOc1ccc(C2c3c(oc4cc(C)c(C)cc4c3=O)C(=O)N2C2CCS(=O)(=O)C2)cc1. The second-order valence-corrected chi connectivity index (χ2v) is 12.5. The van der Waals surface area contributed by atoms with Gasteiger partial charge in [0.25, 0.3) is 5.91 Å². The fraction of sp³-hybridized carbons (Fsp3) is 0.448. The molecule has 2 unspecified atom stereocenters. The van der Waals surface area contributed by atoms with Gasteiger partial charge in [-0.25, -0.2) is 8.42 Å². The summed E-state index contributed by atoms with van der Waals surface area (Å²) in [6, 6.07) is 9.74. The van der Waals surface area contributed by atoms with E-state index >= 15 is 0 Å². The van der Waals surface area contributed by atoms with E-state index in [9.17, 15) is 18.0 Å². The van der Waals surface area contributed by atoms with E-state index in [4.69, 9.17) is 9.15 Å². The van der Waals surface area contributed by atoms with Crippen molar-refractivity contribution in [1.29, 1.82) is 0 Å². The molecule has 3 heterocycles. The molecular formula is C29H33NO6S. The van der Waals surface area contributed by atoms with Gasteiger partial charge in [0, 0.05) is 6.04 Å². The summed E-state index contributed by atoms with van der Waals surface area (Å²) >= 11 is 0. The van der Waals surface area contributed by atoms with Crippen LogP contribution in [0.4, 0.5) is 0 Å². The van der Waals surface area contributed by atoms with E-state index in [1.165, 1.54) is 6.42 Å². The Bertz CT molecular complexity index is 1510. The highest BCUT2D eigenvalue weighted by Gasteiger charge is 2.48. The fourth-order valence-electron chi connectivity index (χ4n) is 5.41. The van der Waals surface area contributed by atoms with Gasteiger partial charge in [0.2, 0.25) is 5.76 Å². The number of hydrogen-bond donors (Lipinski definition) is 0. The second-order valence-electron chi connectivity index (χ2n) is 10.3. The fourth-order valence-corrected chi connectivity index (χ4v) is 7.12. The third-order valence-electron chi connectivity index (χ3n) is 7.59. The van der Waals surface area contributed by atoms with Gasteiger partial charge in [-0.3, -0.25) is 9.59 Å². The smallest absolute Gasteiger partial charge is 0.291 e. The summed E-state index contributed by atoms with van der Waals surface area (Å²) in [6.45, 7) is 6.66. The molecule has 0 radical (unpaired) electrons. The van der Waals surface area contributed by atoms with E-state index in [0.717, 1.165) is 41.7 Å². The minimum absolute atomic E-state index is 0.00583. The summed E-state index contributed by atoms with van der Waals surface area (Å²) in [5.41, 5.74) is 3.04. The highest BCUT2D eigenvalue weighted by Crippen LogP contribution is 2.42. The van der Waals surface area contributed by atoms with Gasteiger partial charge in [0.1, 0.15) is 11.3 Å². The molecule has 2 aliphatic rings. The van der Waals surface area contributed by atoms with Gasteiger partial charge in [-0.1, -0.05) is 38.3 Å². The van der Waals surface area contributed by atoms with Gasteiger partial charge in [0.05, 0.1) is 35.1 Å². The Labute approximate surface area is 217 Å². The summed E-state index contributed by atoms with van der Waals surface area (Å²) < 4.78 is 36.6. The van der Waals surface area contributed by atoms with Crippen LogP contribution in [0.2, 0.25) is 0 Å². The van der Waals surface area contributed by atoms with Crippen LogP contribution in [-0.2, 0) is 9.84 Å².